The molecule has 52 heavy (non-hydrogen) atoms. The monoisotopic (exact) mass is 727 g/mol. The van der Waals surface area contributed by atoms with Crippen LogP contribution in [0.3, 0.4) is 0 Å². The van der Waals surface area contributed by atoms with Gasteiger partial charge in [-0.2, -0.15) is 8.42 Å². The van der Waals surface area contributed by atoms with E-state index in [1.165, 1.54) is 0 Å². The molecule has 0 fully saturated rings. The van der Waals surface area contributed by atoms with Crippen LogP contribution in [0.4, 0.5) is 11.6 Å². The SMILES string of the molecule is CS(=O)(=O)O.[B]NS(C)(=O)=O.c1ccc2c(c1)C1=NC2=Nc2c3ccccc3c3n2Cn2c(c4ccccc4c2=NC2=NC(=N3)c3ccccc32)=N1. The Balaban J connectivity index is 0.000000311. The topological polar surface area (TPSA) is 185 Å². The van der Waals surface area contributed by atoms with Crippen molar-refractivity contribution in [3.63, 3.8) is 0 Å². The molecule has 4 aliphatic heterocycles. The second-order valence-electron chi connectivity index (χ2n) is 12.1. The number of amidine groups is 4. The van der Waals surface area contributed by atoms with Crippen molar-refractivity contribution < 1.29 is 21.4 Å². The van der Waals surface area contributed by atoms with Crippen LogP contribution in [0, 0.1) is 0 Å². The Kier molecular flexibility index (Phi) is 7.95. The number of hydrogen-bond acceptors (Lipinski definition) is 10. The molecular formula is C35H26BN9O5S2. The van der Waals surface area contributed by atoms with Crippen molar-refractivity contribution in [2.24, 2.45) is 30.0 Å². The fourth-order valence-corrected chi connectivity index (χ4v) is 6.35. The zero-order valence-corrected chi connectivity index (χ0v) is 29.1. The fraction of sp³-hybridized carbons (Fsp3) is 0.0857. The number of nitrogens with one attached hydrogen (secondary N) is 1. The van der Waals surface area contributed by atoms with Gasteiger partial charge in [0.05, 0.1) is 12.5 Å². The maximum Gasteiger partial charge on any atom is 0.261 e. The average Bonchev–Trinajstić information content (AvgIpc) is 3.82. The summed E-state index contributed by atoms with van der Waals surface area (Å²) in [5.74, 6) is 4.18. The van der Waals surface area contributed by atoms with Crippen LogP contribution in [0.1, 0.15) is 22.3 Å². The van der Waals surface area contributed by atoms with E-state index in [9.17, 15) is 16.8 Å². The molecule has 4 aliphatic rings. The Morgan fingerprint density at radius 2 is 0.846 bits per heavy atom. The first-order valence-corrected chi connectivity index (χ1v) is 19.4. The van der Waals surface area contributed by atoms with E-state index in [2.05, 4.69) is 65.6 Å². The van der Waals surface area contributed by atoms with Crippen LogP contribution in [0.2, 0.25) is 0 Å². The third kappa shape index (κ3) is 5.98. The third-order valence-corrected chi connectivity index (χ3v) is 8.85. The highest BCUT2D eigenvalue weighted by molar-refractivity contribution is 7.89. The number of aliphatic imine (C=N–C) groups is 4. The van der Waals surface area contributed by atoms with Crippen molar-refractivity contribution in [2.45, 2.75) is 6.67 Å². The van der Waals surface area contributed by atoms with Gasteiger partial charge in [0.1, 0.15) is 29.3 Å². The molecule has 17 heteroatoms. The van der Waals surface area contributed by atoms with Gasteiger partial charge in [0.15, 0.2) is 33.4 Å². The zero-order valence-electron chi connectivity index (χ0n) is 27.5. The molecule has 2 aromatic heterocycles. The molecule has 6 heterocycles. The van der Waals surface area contributed by atoms with Crippen LogP contribution in [-0.4, -0.2) is 74.4 Å². The zero-order chi connectivity index (χ0) is 36.4. The number of fused-ring (bicyclic) bond motifs is 14. The highest BCUT2D eigenvalue weighted by Crippen LogP contribution is 2.40. The molecule has 256 valence electrons. The second kappa shape index (κ2) is 12.4. The van der Waals surface area contributed by atoms with Crippen molar-refractivity contribution in [2.75, 3.05) is 12.5 Å². The number of rotatable bonds is 1. The molecule has 2 N–H and O–H groups in total. The molecule has 0 spiro atoms. The first kappa shape index (κ1) is 33.3. The molecule has 0 atom stereocenters. The Hall–Kier alpha value is -5.88. The lowest BCUT2D eigenvalue weighted by Gasteiger charge is -2.12. The standard InChI is InChI=1S/C33H18N8.CH4BNO2S.CH4O3S/c1-2-10-19-18(9-1)26-34-27(19)37-31-24-15-7-8-16-25(24)33-39-29-21-12-4-3-11-20(21)28(35-29)38-32-23-14-6-5-13-22(23)30(36-26)40(32)17-41(31)33;1-6(4,5)3-2;1-5(2,3)4/h1-16H,17H2;3H,1H3;1H3,(H,2,3,4). The van der Waals surface area contributed by atoms with E-state index in [0.29, 0.717) is 36.3 Å². The van der Waals surface area contributed by atoms with Gasteiger partial charge in [-0.3, -0.25) is 18.3 Å². The molecule has 6 bridgehead atoms. The number of aromatic nitrogens is 2. The van der Waals surface area contributed by atoms with Gasteiger partial charge in [0, 0.05) is 43.8 Å². The minimum atomic E-state index is -3.67. The number of sulfonamides is 1. The molecule has 0 saturated heterocycles. The molecule has 4 aromatic carbocycles. The van der Waals surface area contributed by atoms with E-state index >= 15 is 0 Å². The summed E-state index contributed by atoms with van der Waals surface area (Å²) in [7, 11) is -2.33. The smallest absolute Gasteiger partial charge is 0.261 e. The predicted molar refractivity (Wildman–Crippen MR) is 201 cm³/mol. The van der Waals surface area contributed by atoms with Crippen molar-refractivity contribution >= 4 is 84.6 Å². The Labute approximate surface area is 298 Å². The summed E-state index contributed by atoms with van der Waals surface area (Å²) in [6.45, 7) is 0.423. The normalized spacial score (nSPS) is 14.8. The van der Waals surface area contributed by atoms with Crippen molar-refractivity contribution in [3.05, 3.63) is 130 Å². The van der Waals surface area contributed by atoms with Gasteiger partial charge in [-0.15, -0.1) is 0 Å². The Bertz CT molecular complexity index is 2830. The summed E-state index contributed by atoms with van der Waals surface area (Å²) >= 11 is 0. The fourth-order valence-electron chi connectivity index (χ4n) is 6.35. The third-order valence-electron chi connectivity index (χ3n) is 8.43. The summed E-state index contributed by atoms with van der Waals surface area (Å²) in [5.41, 5.74) is 5.45. The minimum Gasteiger partial charge on any atom is -0.291 e. The van der Waals surface area contributed by atoms with Crippen LogP contribution >= 0.6 is 0 Å². The van der Waals surface area contributed by atoms with E-state index < -0.39 is 20.1 Å². The summed E-state index contributed by atoms with van der Waals surface area (Å²) in [6, 6.07) is 32.9. The predicted octanol–water partition coefficient (Wildman–Crippen LogP) is 3.17. The molecule has 0 amide bonds. The lowest BCUT2D eigenvalue weighted by Crippen LogP contribution is -2.32. The molecule has 2 radical (unpaired) electrons. The van der Waals surface area contributed by atoms with Crippen LogP contribution in [-0.2, 0) is 26.8 Å². The van der Waals surface area contributed by atoms with Crippen LogP contribution in [0.25, 0.3) is 21.5 Å². The first-order chi connectivity index (χ1) is 24.9. The molecule has 0 aliphatic carbocycles. The van der Waals surface area contributed by atoms with Crippen molar-refractivity contribution in [1.29, 1.82) is 0 Å². The second-order valence-corrected chi connectivity index (χ2v) is 15.3. The molecular weight excluding hydrogens is 701 g/mol. The van der Waals surface area contributed by atoms with E-state index in [4.69, 9.17) is 34.5 Å². The minimum absolute atomic E-state index is 0.423. The van der Waals surface area contributed by atoms with E-state index in [0.717, 1.165) is 72.7 Å². The Morgan fingerprint density at radius 3 is 1.19 bits per heavy atom. The van der Waals surface area contributed by atoms with Gasteiger partial charge >= 0.3 is 0 Å². The number of nitrogens with zero attached hydrogens (tertiary/aromatic N) is 8. The molecule has 6 aromatic rings. The molecule has 10 rings (SSSR count). The first-order valence-electron chi connectivity index (χ1n) is 15.7. The van der Waals surface area contributed by atoms with Crippen molar-refractivity contribution in [1.82, 2.24) is 13.8 Å². The maximum absolute atomic E-state index is 9.76. The summed E-state index contributed by atoms with van der Waals surface area (Å²) in [5, 5.41) is 4.02. The molecule has 0 saturated carbocycles. The van der Waals surface area contributed by atoms with E-state index in [1.807, 2.05) is 48.5 Å². The van der Waals surface area contributed by atoms with Gasteiger partial charge in [0.2, 0.25) is 7.98 Å². The van der Waals surface area contributed by atoms with Gasteiger partial charge in [-0.25, -0.2) is 38.4 Å². The summed E-state index contributed by atoms with van der Waals surface area (Å²) in [6.07, 6.45) is 1.69. The Morgan fingerprint density at radius 1 is 0.538 bits per heavy atom. The highest BCUT2D eigenvalue weighted by atomic mass is 32.2. The summed E-state index contributed by atoms with van der Waals surface area (Å²) in [4.78, 5) is 30.9. The highest BCUT2D eigenvalue weighted by Gasteiger charge is 2.29. The average molecular weight is 728 g/mol. The van der Waals surface area contributed by atoms with Gasteiger partial charge in [0.25, 0.3) is 10.1 Å². The van der Waals surface area contributed by atoms with Gasteiger partial charge in [-0.05, 0) is 0 Å². The molecule has 0 unspecified atom stereocenters. The van der Waals surface area contributed by atoms with Gasteiger partial charge < -0.3 is 0 Å². The van der Waals surface area contributed by atoms with Gasteiger partial charge in [-0.1, -0.05) is 97.1 Å². The van der Waals surface area contributed by atoms with E-state index in [-0.39, 0.29) is 0 Å². The van der Waals surface area contributed by atoms with Crippen molar-refractivity contribution in [3.8, 4) is 0 Å². The number of benzene rings is 4. The van der Waals surface area contributed by atoms with Crippen LogP contribution in [0.15, 0.2) is 127 Å². The van der Waals surface area contributed by atoms with Crippen LogP contribution in [0.5, 0.6) is 0 Å². The summed E-state index contributed by atoms with van der Waals surface area (Å²) < 4.78 is 51.3. The van der Waals surface area contributed by atoms with Crippen LogP contribution < -0.4 is 15.6 Å². The lowest BCUT2D eigenvalue weighted by molar-refractivity contribution is 0.490. The van der Waals surface area contributed by atoms with E-state index in [1.54, 1.807) is 4.63 Å². The number of hydrogen-bond donors (Lipinski definition) is 2. The largest absolute Gasteiger partial charge is 0.291 e. The maximum atomic E-state index is 9.76. The molecule has 14 nitrogen and oxygen atoms in total. The quantitative estimate of drug-likeness (QED) is 0.194. The lowest BCUT2D eigenvalue weighted by atomic mass is 10.1.